The van der Waals surface area contributed by atoms with E-state index in [1.54, 1.807) is 3.71 Å². The summed E-state index contributed by atoms with van der Waals surface area (Å²) in [5, 5.41) is 0. The first kappa shape index (κ1) is 17.8. The zero-order chi connectivity index (χ0) is 15.8. The fraction of sp³-hybridized carbons (Fsp3) is 0.667. The van der Waals surface area contributed by atoms with Gasteiger partial charge in [0.15, 0.2) is 0 Å². The van der Waals surface area contributed by atoms with Crippen molar-refractivity contribution in [3.8, 4) is 0 Å². The molecule has 0 radical (unpaired) electrons. The number of imidazole rings is 1. The molecule has 122 valence electrons. The van der Waals surface area contributed by atoms with E-state index in [2.05, 4.69) is 41.3 Å². The van der Waals surface area contributed by atoms with Gasteiger partial charge in [-0.3, -0.25) is 0 Å². The summed E-state index contributed by atoms with van der Waals surface area (Å²) in [7, 11) is 0. The fourth-order valence-corrected chi connectivity index (χ4v) is 19.6. The molecule has 0 aliphatic rings. The van der Waals surface area contributed by atoms with Gasteiger partial charge in [-0.05, 0) is 0 Å². The van der Waals surface area contributed by atoms with Crippen LogP contribution >= 0.6 is 0 Å². The van der Waals surface area contributed by atoms with Crippen LogP contribution in [0, 0.1) is 0 Å². The van der Waals surface area contributed by atoms with Crippen molar-refractivity contribution < 1.29 is 0 Å². The monoisotopic (exact) mass is 409 g/mol. The maximum absolute atomic E-state index is 4.68. The summed E-state index contributed by atoms with van der Waals surface area (Å²) in [6, 6.07) is 2.04. The molecule has 0 fully saturated rings. The Morgan fingerprint density at radius 1 is 0.955 bits per heavy atom. The third-order valence-electron chi connectivity index (χ3n) is 4.89. The van der Waals surface area contributed by atoms with Crippen molar-refractivity contribution in [2.75, 3.05) is 0 Å². The van der Waals surface area contributed by atoms with Crippen molar-refractivity contribution in [3.05, 3.63) is 24.8 Å². The van der Waals surface area contributed by atoms with Gasteiger partial charge in [0.2, 0.25) is 0 Å². The molecule has 0 spiro atoms. The summed E-state index contributed by atoms with van der Waals surface area (Å²) in [4.78, 5) is 9.04. The topological polar surface area (TPSA) is 30.2 Å². The molecule has 0 aromatic carbocycles. The van der Waals surface area contributed by atoms with E-state index in [9.17, 15) is 0 Å². The number of fused-ring (bicyclic) bond motifs is 1. The molecule has 0 bridgehead atoms. The Labute approximate surface area is 139 Å². The Bertz CT molecular complexity index is 542. The Balaban J connectivity index is 2.42. The van der Waals surface area contributed by atoms with Crippen LogP contribution in [-0.2, 0) is 0 Å². The van der Waals surface area contributed by atoms with E-state index in [1.807, 2.05) is 18.6 Å². The molecule has 4 heteroatoms. The summed E-state index contributed by atoms with van der Waals surface area (Å²) in [6.45, 7) is 6.98. The molecule has 0 amide bonds. The average molecular weight is 408 g/mol. The quantitative estimate of drug-likeness (QED) is 0.530. The zero-order valence-electron chi connectivity index (χ0n) is 14.5. The molecule has 3 nitrogen and oxygen atoms in total. The first-order valence-electron chi connectivity index (χ1n) is 9.05. The Morgan fingerprint density at radius 2 is 1.55 bits per heavy atom. The van der Waals surface area contributed by atoms with Crippen molar-refractivity contribution in [1.82, 2.24) is 14.4 Å². The van der Waals surface area contributed by atoms with Crippen molar-refractivity contribution in [2.45, 2.75) is 72.6 Å². The maximum atomic E-state index is 4.68. The Kier molecular flexibility index (Phi) is 7.19. The predicted octanol–water partition coefficient (Wildman–Crippen LogP) is 4.79. The van der Waals surface area contributed by atoms with Gasteiger partial charge < -0.3 is 0 Å². The fourth-order valence-electron chi connectivity index (χ4n) is 3.53. The number of rotatable bonds is 10. The van der Waals surface area contributed by atoms with Gasteiger partial charge in [-0.2, -0.15) is 0 Å². The zero-order valence-corrected chi connectivity index (χ0v) is 17.4. The molecule has 0 aliphatic heterocycles. The van der Waals surface area contributed by atoms with Gasteiger partial charge in [0.25, 0.3) is 0 Å². The van der Waals surface area contributed by atoms with Gasteiger partial charge in [0.05, 0.1) is 0 Å². The van der Waals surface area contributed by atoms with Crippen LogP contribution in [-0.4, -0.2) is 32.7 Å². The SMILES string of the molecule is CCC[CH2][Sn]([CH2]CCC)([CH2]CCC)[c]1cnc2ccncn12. The molecule has 2 aromatic heterocycles. The van der Waals surface area contributed by atoms with Crippen LogP contribution in [0.25, 0.3) is 5.65 Å². The Morgan fingerprint density at radius 3 is 2.09 bits per heavy atom. The van der Waals surface area contributed by atoms with E-state index in [1.165, 1.54) is 51.8 Å². The van der Waals surface area contributed by atoms with E-state index in [0.29, 0.717) is 0 Å². The number of unbranched alkanes of at least 4 members (excludes halogenated alkanes) is 3. The van der Waals surface area contributed by atoms with Crippen LogP contribution in [0.5, 0.6) is 0 Å². The summed E-state index contributed by atoms with van der Waals surface area (Å²) < 4.78 is 8.35. The van der Waals surface area contributed by atoms with Gasteiger partial charge in [-0.1, -0.05) is 0 Å². The standard InChI is InChI=1S/C6H4N3.3C4H9.Sn/c1-2-7-5-9-4-3-8-6(1)9;3*1-3-4-2;/h1-3,5H;3*1,3-4H2,2H3;. The Hall–Kier alpha value is -0.581. The number of hydrogen-bond donors (Lipinski definition) is 0. The van der Waals surface area contributed by atoms with E-state index in [0.717, 1.165) is 5.65 Å². The normalized spacial score (nSPS) is 12.1. The summed E-state index contributed by atoms with van der Waals surface area (Å²) in [5.74, 6) is 0. The summed E-state index contributed by atoms with van der Waals surface area (Å²) in [5.41, 5.74) is 1.08. The van der Waals surface area contributed by atoms with E-state index >= 15 is 0 Å². The van der Waals surface area contributed by atoms with Crippen LogP contribution < -0.4 is 3.71 Å². The molecule has 2 rings (SSSR count). The molecule has 0 atom stereocenters. The average Bonchev–Trinajstić information content (AvgIpc) is 2.99. The first-order valence-corrected chi connectivity index (χ1v) is 16.5. The number of hydrogen-bond acceptors (Lipinski definition) is 2. The van der Waals surface area contributed by atoms with Crippen molar-refractivity contribution in [1.29, 1.82) is 0 Å². The van der Waals surface area contributed by atoms with Crippen LogP contribution in [0.4, 0.5) is 0 Å². The van der Waals surface area contributed by atoms with Crippen LogP contribution in [0.15, 0.2) is 24.8 Å². The number of nitrogens with zero attached hydrogens (tertiary/aromatic N) is 3. The third-order valence-corrected chi connectivity index (χ3v) is 20.3. The molecule has 0 N–H and O–H groups in total. The van der Waals surface area contributed by atoms with E-state index in [4.69, 9.17) is 0 Å². The van der Waals surface area contributed by atoms with Gasteiger partial charge >= 0.3 is 139 Å². The summed E-state index contributed by atoms with van der Waals surface area (Å²) in [6.07, 6.45) is 14.1. The van der Waals surface area contributed by atoms with E-state index < -0.39 is 18.4 Å². The van der Waals surface area contributed by atoms with Crippen LogP contribution in [0.1, 0.15) is 59.3 Å². The summed E-state index contributed by atoms with van der Waals surface area (Å²) >= 11 is -2.38. The molecule has 22 heavy (non-hydrogen) atoms. The number of aromatic nitrogens is 3. The van der Waals surface area contributed by atoms with Gasteiger partial charge in [0.1, 0.15) is 0 Å². The predicted molar refractivity (Wildman–Crippen MR) is 97.5 cm³/mol. The van der Waals surface area contributed by atoms with Crippen LogP contribution in [0.3, 0.4) is 0 Å². The second-order valence-corrected chi connectivity index (χ2v) is 19.6. The molecule has 0 saturated carbocycles. The van der Waals surface area contributed by atoms with Crippen molar-refractivity contribution >= 4 is 27.7 Å². The minimum absolute atomic E-state index is 1.08. The van der Waals surface area contributed by atoms with E-state index in [-0.39, 0.29) is 0 Å². The molecular weight excluding hydrogens is 377 g/mol. The van der Waals surface area contributed by atoms with Gasteiger partial charge in [-0.25, -0.2) is 0 Å². The van der Waals surface area contributed by atoms with Crippen molar-refractivity contribution in [2.24, 2.45) is 0 Å². The molecule has 2 heterocycles. The second kappa shape index (κ2) is 8.90. The first-order chi connectivity index (χ1) is 10.8. The van der Waals surface area contributed by atoms with Gasteiger partial charge in [-0.15, -0.1) is 0 Å². The molecular formula is C18H31N3Sn. The molecule has 0 unspecified atom stereocenters. The second-order valence-electron chi connectivity index (χ2n) is 6.54. The van der Waals surface area contributed by atoms with Gasteiger partial charge in [0, 0.05) is 0 Å². The van der Waals surface area contributed by atoms with Crippen LogP contribution in [0.2, 0.25) is 13.3 Å². The minimum atomic E-state index is -2.38. The molecule has 2 aromatic rings. The third kappa shape index (κ3) is 4.03. The van der Waals surface area contributed by atoms with Crippen molar-refractivity contribution in [3.63, 3.8) is 0 Å². The molecule has 0 aliphatic carbocycles. The molecule has 0 saturated heterocycles.